The topological polar surface area (TPSA) is 64.6 Å². The van der Waals surface area contributed by atoms with E-state index in [1.54, 1.807) is 0 Å². The maximum atomic E-state index is 13.2. The number of amides is 2. The molecule has 5 nitrogen and oxygen atoms in total. The minimum Gasteiger partial charge on any atom is -0.492 e. The molecule has 0 bridgehead atoms. The van der Waals surface area contributed by atoms with Crippen molar-refractivity contribution in [3.63, 3.8) is 0 Å². The molecule has 2 aromatic rings. The molecule has 0 spiro atoms. The van der Waals surface area contributed by atoms with Crippen molar-refractivity contribution in [1.82, 2.24) is 5.32 Å². The standard InChI is InChI=1S/C25H24F3NO4S/c1-13(2)7-15-9-17(21-18(10-15)24(3,4)12-32-21)16-8-14(5-6-19(16)33-25(26,27)28)11-20-22(30)29-23(31)34-20/h5-6,8-11,13H,7,12H2,1-4H3,(H,29,30,31)/b20-11-. The van der Waals surface area contributed by atoms with Crippen molar-refractivity contribution in [2.45, 2.75) is 45.9 Å². The van der Waals surface area contributed by atoms with Crippen LogP contribution in [-0.4, -0.2) is 24.1 Å². The van der Waals surface area contributed by atoms with Gasteiger partial charge in [-0.1, -0.05) is 39.8 Å². The van der Waals surface area contributed by atoms with Crippen molar-refractivity contribution in [1.29, 1.82) is 0 Å². The zero-order valence-electron chi connectivity index (χ0n) is 19.1. The van der Waals surface area contributed by atoms with E-state index in [9.17, 15) is 22.8 Å². The van der Waals surface area contributed by atoms with Gasteiger partial charge in [-0.2, -0.15) is 0 Å². The molecule has 2 aliphatic rings. The van der Waals surface area contributed by atoms with Gasteiger partial charge in [0.1, 0.15) is 11.5 Å². The van der Waals surface area contributed by atoms with Crippen molar-refractivity contribution >= 4 is 29.0 Å². The predicted octanol–water partition coefficient (Wildman–Crippen LogP) is 6.44. The average molecular weight is 492 g/mol. The number of thioether (sulfide) groups is 1. The molecule has 0 aliphatic carbocycles. The number of hydrogen-bond acceptors (Lipinski definition) is 5. The van der Waals surface area contributed by atoms with Crippen LogP contribution in [0.25, 0.3) is 17.2 Å². The number of fused-ring (bicyclic) bond motifs is 1. The lowest BCUT2D eigenvalue weighted by Crippen LogP contribution is -2.18. The molecule has 180 valence electrons. The third-order valence-electron chi connectivity index (χ3n) is 5.56. The summed E-state index contributed by atoms with van der Waals surface area (Å²) < 4.78 is 50.1. The van der Waals surface area contributed by atoms with Crippen LogP contribution in [0.5, 0.6) is 11.5 Å². The second-order valence-corrected chi connectivity index (χ2v) is 10.5. The second kappa shape index (κ2) is 8.69. The Morgan fingerprint density at radius 3 is 2.53 bits per heavy atom. The number of carbonyl (C=O) groups excluding carboxylic acids is 2. The van der Waals surface area contributed by atoms with Crippen molar-refractivity contribution in [3.8, 4) is 22.6 Å². The van der Waals surface area contributed by atoms with E-state index in [-0.39, 0.29) is 21.6 Å². The fourth-order valence-electron chi connectivity index (χ4n) is 4.10. The highest BCUT2D eigenvalue weighted by molar-refractivity contribution is 8.18. The molecule has 2 heterocycles. The van der Waals surface area contributed by atoms with Crippen LogP contribution < -0.4 is 14.8 Å². The molecular formula is C25H24F3NO4S. The molecule has 9 heteroatoms. The zero-order chi connectivity index (χ0) is 24.8. The Morgan fingerprint density at radius 2 is 1.91 bits per heavy atom. The third kappa shape index (κ3) is 5.09. The maximum absolute atomic E-state index is 13.2. The van der Waals surface area contributed by atoms with E-state index in [1.807, 2.05) is 19.9 Å². The van der Waals surface area contributed by atoms with E-state index in [2.05, 4.69) is 30.0 Å². The normalized spacial score (nSPS) is 18.3. The second-order valence-electron chi connectivity index (χ2n) is 9.45. The number of hydrogen-bond donors (Lipinski definition) is 1. The minimum absolute atomic E-state index is 0.164. The van der Waals surface area contributed by atoms with Crippen LogP contribution in [-0.2, 0) is 16.6 Å². The van der Waals surface area contributed by atoms with E-state index in [4.69, 9.17) is 4.74 Å². The number of carbonyl (C=O) groups is 2. The minimum atomic E-state index is -4.89. The lowest BCUT2D eigenvalue weighted by molar-refractivity contribution is -0.274. The summed E-state index contributed by atoms with van der Waals surface area (Å²) in [7, 11) is 0. The fourth-order valence-corrected chi connectivity index (χ4v) is 4.78. The summed E-state index contributed by atoms with van der Waals surface area (Å²) in [6.45, 7) is 8.61. The summed E-state index contributed by atoms with van der Waals surface area (Å²) in [5.41, 5.74) is 2.76. The first kappa shape index (κ1) is 24.2. The Labute approximate surface area is 199 Å². The third-order valence-corrected chi connectivity index (χ3v) is 6.37. The quantitative estimate of drug-likeness (QED) is 0.488. The van der Waals surface area contributed by atoms with E-state index in [0.717, 1.165) is 29.3 Å². The molecule has 2 aliphatic heterocycles. The first-order chi connectivity index (χ1) is 15.8. The number of ether oxygens (including phenoxy) is 2. The molecule has 2 amide bonds. The molecule has 34 heavy (non-hydrogen) atoms. The summed E-state index contributed by atoms with van der Waals surface area (Å²) in [6, 6.07) is 8.06. The lowest BCUT2D eigenvalue weighted by atomic mass is 9.83. The van der Waals surface area contributed by atoms with Gasteiger partial charge in [0.2, 0.25) is 0 Å². The number of imide groups is 1. The van der Waals surface area contributed by atoms with Crippen LogP contribution in [0.15, 0.2) is 35.2 Å². The first-order valence-corrected chi connectivity index (χ1v) is 11.6. The highest BCUT2D eigenvalue weighted by Crippen LogP contribution is 2.48. The first-order valence-electron chi connectivity index (χ1n) is 10.8. The summed E-state index contributed by atoms with van der Waals surface area (Å²) in [6.07, 6.45) is -2.68. The smallest absolute Gasteiger partial charge is 0.492 e. The SMILES string of the molecule is CC(C)Cc1cc(-c2cc(/C=C3\SC(=O)NC3=O)ccc2OC(F)(F)F)c2c(c1)C(C)(C)CO2. The Balaban J connectivity index is 1.91. The molecule has 0 radical (unpaired) electrons. The van der Waals surface area contributed by atoms with Crippen molar-refractivity contribution < 1.29 is 32.2 Å². The van der Waals surface area contributed by atoms with Crippen LogP contribution in [0.3, 0.4) is 0 Å². The Kier molecular flexibility index (Phi) is 6.18. The summed E-state index contributed by atoms with van der Waals surface area (Å²) in [4.78, 5) is 23.6. The van der Waals surface area contributed by atoms with Gasteiger partial charge >= 0.3 is 6.36 Å². The van der Waals surface area contributed by atoms with Gasteiger partial charge in [0, 0.05) is 22.1 Å². The van der Waals surface area contributed by atoms with Gasteiger partial charge in [-0.25, -0.2) is 0 Å². The van der Waals surface area contributed by atoms with E-state index in [1.165, 1.54) is 24.3 Å². The molecule has 0 unspecified atom stereocenters. The number of nitrogens with one attached hydrogen (secondary N) is 1. The molecule has 2 aromatic carbocycles. The van der Waals surface area contributed by atoms with Gasteiger partial charge in [0.25, 0.3) is 11.1 Å². The fraction of sp³-hybridized carbons (Fsp3) is 0.360. The Morgan fingerprint density at radius 1 is 1.18 bits per heavy atom. The molecule has 4 rings (SSSR count). The zero-order valence-corrected chi connectivity index (χ0v) is 19.9. The number of rotatable bonds is 5. The van der Waals surface area contributed by atoms with Gasteiger partial charge in [0.15, 0.2) is 0 Å². The molecule has 0 aromatic heterocycles. The molecule has 1 fully saturated rings. The van der Waals surface area contributed by atoms with Crippen LogP contribution in [0.1, 0.15) is 44.4 Å². The molecular weight excluding hydrogens is 467 g/mol. The Bertz CT molecular complexity index is 1200. The molecule has 1 N–H and O–H groups in total. The highest BCUT2D eigenvalue weighted by atomic mass is 32.2. The largest absolute Gasteiger partial charge is 0.573 e. The van der Waals surface area contributed by atoms with Crippen LogP contribution >= 0.6 is 11.8 Å². The van der Waals surface area contributed by atoms with Gasteiger partial charge in [-0.15, -0.1) is 13.2 Å². The van der Waals surface area contributed by atoms with E-state index < -0.39 is 17.5 Å². The Hall–Kier alpha value is -2.94. The maximum Gasteiger partial charge on any atom is 0.573 e. The monoisotopic (exact) mass is 491 g/mol. The average Bonchev–Trinajstić information content (AvgIpc) is 3.18. The van der Waals surface area contributed by atoms with Crippen molar-refractivity contribution in [2.75, 3.05) is 6.61 Å². The van der Waals surface area contributed by atoms with Gasteiger partial charge in [-0.05, 0) is 59.5 Å². The van der Waals surface area contributed by atoms with Gasteiger partial charge in [0.05, 0.1) is 11.5 Å². The summed E-state index contributed by atoms with van der Waals surface area (Å²) in [5, 5.41) is 1.67. The number of benzene rings is 2. The summed E-state index contributed by atoms with van der Waals surface area (Å²) >= 11 is 0.739. The number of alkyl halides is 3. The molecule has 0 saturated carbocycles. The molecule has 1 saturated heterocycles. The van der Waals surface area contributed by atoms with E-state index in [0.29, 0.717) is 29.4 Å². The predicted molar refractivity (Wildman–Crippen MR) is 125 cm³/mol. The van der Waals surface area contributed by atoms with Crippen molar-refractivity contribution in [3.05, 3.63) is 51.9 Å². The highest BCUT2D eigenvalue weighted by Gasteiger charge is 2.37. The summed E-state index contributed by atoms with van der Waals surface area (Å²) in [5.74, 6) is -0.0465. The van der Waals surface area contributed by atoms with Crippen LogP contribution in [0.2, 0.25) is 0 Å². The van der Waals surface area contributed by atoms with Crippen LogP contribution in [0.4, 0.5) is 18.0 Å². The van der Waals surface area contributed by atoms with Crippen LogP contribution in [0, 0.1) is 5.92 Å². The van der Waals surface area contributed by atoms with E-state index >= 15 is 0 Å². The lowest BCUT2D eigenvalue weighted by Gasteiger charge is -2.20. The molecule has 0 atom stereocenters. The van der Waals surface area contributed by atoms with Crippen molar-refractivity contribution in [2.24, 2.45) is 5.92 Å². The van der Waals surface area contributed by atoms with Gasteiger partial charge in [-0.3, -0.25) is 14.9 Å². The number of halogens is 3. The van der Waals surface area contributed by atoms with Gasteiger partial charge < -0.3 is 9.47 Å².